The third-order valence-electron chi connectivity index (χ3n) is 3.98. The van der Waals surface area contributed by atoms with Gasteiger partial charge in [-0.2, -0.15) is 0 Å². The van der Waals surface area contributed by atoms with E-state index in [0.29, 0.717) is 6.54 Å². The summed E-state index contributed by atoms with van der Waals surface area (Å²) in [7, 11) is 0. The fourth-order valence-electron chi connectivity index (χ4n) is 2.82. The number of amides is 1. The molecule has 0 saturated heterocycles. The van der Waals surface area contributed by atoms with Crippen molar-refractivity contribution in [3.05, 3.63) is 29.8 Å². The van der Waals surface area contributed by atoms with Crippen LogP contribution >= 0.6 is 12.4 Å². The number of hydrogen-bond donors (Lipinski definition) is 2. The highest BCUT2D eigenvalue weighted by Crippen LogP contribution is 2.23. The Hall–Kier alpha value is -1.26. The van der Waals surface area contributed by atoms with Crippen molar-refractivity contribution >= 4 is 18.3 Å². The molecule has 22 heavy (non-hydrogen) atoms. The average Bonchev–Trinajstić information content (AvgIpc) is 2.45. The van der Waals surface area contributed by atoms with Crippen LogP contribution in [0.3, 0.4) is 0 Å². The van der Waals surface area contributed by atoms with E-state index >= 15 is 0 Å². The summed E-state index contributed by atoms with van der Waals surface area (Å²) in [6.45, 7) is 4.53. The molecule has 3 N–H and O–H groups in total. The van der Waals surface area contributed by atoms with E-state index in [9.17, 15) is 4.79 Å². The minimum absolute atomic E-state index is 0. The summed E-state index contributed by atoms with van der Waals surface area (Å²) >= 11 is 0. The first-order valence-corrected chi connectivity index (χ1v) is 7.81. The number of halogens is 1. The topological polar surface area (TPSA) is 64.3 Å². The molecular weight excluding hydrogens is 300 g/mol. The van der Waals surface area contributed by atoms with Crippen LogP contribution in [0.1, 0.15) is 38.2 Å². The summed E-state index contributed by atoms with van der Waals surface area (Å²) in [5.74, 6) is 1.03. The number of ether oxygens (including phenoxy) is 1. The molecule has 1 saturated carbocycles. The van der Waals surface area contributed by atoms with Crippen LogP contribution < -0.4 is 15.8 Å². The third-order valence-corrected chi connectivity index (χ3v) is 3.98. The molecule has 1 aliphatic rings. The first-order chi connectivity index (χ1) is 10.0. The summed E-state index contributed by atoms with van der Waals surface area (Å²) in [5.41, 5.74) is 7.10. The lowest BCUT2D eigenvalue weighted by Crippen LogP contribution is -2.41. The molecule has 2 rings (SSSR count). The van der Waals surface area contributed by atoms with Gasteiger partial charge in [-0.1, -0.05) is 18.6 Å². The van der Waals surface area contributed by atoms with Crippen molar-refractivity contribution in [3.63, 3.8) is 0 Å². The highest BCUT2D eigenvalue weighted by molar-refractivity contribution is 5.85. The van der Waals surface area contributed by atoms with Gasteiger partial charge >= 0.3 is 0 Å². The van der Waals surface area contributed by atoms with Gasteiger partial charge in [0.15, 0.2) is 0 Å². The van der Waals surface area contributed by atoms with Crippen LogP contribution in [0, 0.1) is 12.8 Å². The van der Waals surface area contributed by atoms with Gasteiger partial charge in [0.2, 0.25) is 5.91 Å². The van der Waals surface area contributed by atoms with Crippen LogP contribution in [0.5, 0.6) is 5.75 Å². The first-order valence-electron chi connectivity index (χ1n) is 7.81. The highest BCUT2D eigenvalue weighted by Gasteiger charge is 2.25. The van der Waals surface area contributed by atoms with Gasteiger partial charge in [-0.3, -0.25) is 4.79 Å². The summed E-state index contributed by atoms with van der Waals surface area (Å²) < 4.78 is 5.81. The summed E-state index contributed by atoms with van der Waals surface area (Å²) in [5, 5.41) is 2.99. The van der Waals surface area contributed by atoms with Gasteiger partial charge in [-0.15, -0.1) is 12.4 Å². The number of rotatable bonds is 5. The normalized spacial score (nSPS) is 22.3. The Balaban J connectivity index is 0.00000242. The Labute approximate surface area is 139 Å². The maximum atomic E-state index is 12.1. The van der Waals surface area contributed by atoms with Crippen LogP contribution in [0.2, 0.25) is 0 Å². The van der Waals surface area contributed by atoms with E-state index in [-0.39, 0.29) is 36.4 Å². The van der Waals surface area contributed by atoms with E-state index < -0.39 is 0 Å². The molecule has 0 heterocycles. The standard InChI is InChI=1S/C17H26N2O2.ClH/c1-12-5-3-8-16(9-12)21-13(2)11-19-17(20)14-6-4-7-15(18)10-14;/h3,5,8-9,13-15H,4,6-7,10-11,18H2,1-2H3,(H,19,20);1H. The molecule has 4 nitrogen and oxygen atoms in total. The number of nitrogens with two attached hydrogens (primary N) is 1. The summed E-state index contributed by atoms with van der Waals surface area (Å²) in [4.78, 5) is 12.1. The molecule has 0 aliphatic heterocycles. The molecule has 1 aromatic carbocycles. The van der Waals surface area contributed by atoms with Crippen LogP contribution in [0.25, 0.3) is 0 Å². The second kappa shape index (κ2) is 9.01. The van der Waals surface area contributed by atoms with E-state index in [1.807, 2.05) is 38.1 Å². The molecule has 0 bridgehead atoms. The van der Waals surface area contributed by atoms with Crippen molar-refractivity contribution < 1.29 is 9.53 Å². The minimum Gasteiger partial charge on any atom is -0.489 e. The van der Waals surface area contributed by atoms with Crippen LogP contribution in [-0.2, 0) is 4.79 Å². The van der Waals surface area contributed by atoms with Gasteiger partial charge in [-0.25, -0.2) is 0 Å². The zero-order valence-corrected chi connectivity index (χ0v) is 14.2. The van der Waals surface area contributed by atoms with Gasteiger partial charge in [0.25, 0.3) is 0 Å². The molecule has 5 heteroatoms. The largest absolute Gasteiger partial charge is 0.489 e. The number of benzene rings is 1. The van der Waals surface area contributed by atoms with E-state index in [4.69, 9.17) is 10.5 Å². The van der Waals surface area contributed by atoms with Gasteiger partial charge in [-0.05, 0) is 50.8 Å². The third kappa shape index (κ3) is 5.85. The number of carbonyl (C=O) groups excluding carboxylic acids is 1. The van der Waals surface area contributed by atoms with Crippen LogP contribution in [-0.4, -0.2) is 24.6 Å². The average molecular weight is 327 g/mol. The molecule has 3 atom stereocenters. The highest BCUT2D eigenvalue weighted by atomic mass is 35.5. The molecule has 3 unspecified atom stereocenters. The van der Waals surface area contributed by atoms with E-state index in [1.165, 1.54) is 5.56 Å². The number of nitrogens with one attached hydrogen (secondary N) is 1. The number of hydrogen-bond acceptors (Lipinski definition) is 3. The Morgan fingerprint density at radius 1 is 1.45 bits per heavy atom. The Morgan fingerprint density at radius 2 is 2.23 bits per heavy atom. The zero-order valence-electron chi connectivity index (χ0n) is 13.4. The molecule has 1 aliphatic carbocycles. The van der Waals surface area contributed by atoms with Gasteiger partial charge in [0.05, 0.1) is 6.54 Å². The molecule has 0 aromatic heterocycles. The Bertz CT molecular complexity index is 481. The van der Waals surface area contributed by atoms with Crippen molar-refractivity contribution in [1.82, 2.24) is 5.32 Å². The van der Waals surface area contributed by atoms with Crippen molar-refractivity contribution in [2.75, 3.05) is 6.54 Å². The molecule has 0 spiro atoms. The Kier molecular flexibility index (Phi) is 7.69. The lowest BCUT2D eigenvalue weighted by molar-refractivity contribution is -0.126. The van der Waals surface area contributed by atoms with Crippen molar-refractivity contribution in [3.8, 4) is 5.75 Å². The number of carbonyl (C=O) groups is 1. The molecule has 124 valence electrons. The zero-order chi connectivity index (χ0) is 15.2. The SMILES string of the molecule is Cc1cccc(OC(C)CNC(=O)C2CCCC(N)C2)c1.Cl. The summed E-state index contributed by atoms with van der Waals surface area (Å²) in [6, 6.07) is 8.12. The van der Waals surface area contributed by atoms with E-state index in [2.05, 4.69) is 5.32 Å². The lowest BCUT2D eigenvalue weighted by Gasteiger charge is -2.26. The van der Waals surface area contributed by atoms with E-state index in [0.717, 1.165) is 31.4 Å². The molecule has 1 amide bonds. The molecule has 1 fully saturated rings. The van der Waals surface area contributed by atoms with Gasteiger partial charge in [0.1, 0.15) is 11.9 Å². The first kappa shape index (κ1) is 18.8. The number of aryl methyl sites for hydroxylation is 1. The van der Waals surface area contributed by atoms with Crippen molar-refractivity contribution in [1.29, 1.82) is 0 Å². The second-order valence-corrected chi connectivity index (χ2v) is 6.11. The van der Waals surface area contributed by atoms with Crippen molar-refractivity contribution in [2.24, 2.45) is 11.7 Å². The fourth-order valence-corrected chi connectivity index (χ4v) is 2.82. The van der Waals surface area contributed by atoms with Gasteiger partial charge < -0.3 is 15.8 Å². The van der Waals surface area contributed by atoms with Crippen molar-refractivity contribution in [2.45, 2.75) is 51.7 Å². The van der Waals surface area contributed by atoms with Crippen LogP contribution in [0.4, 0.5) is 0 Å². The molecule has 0 radical (unpaired) electrons. The molecule has 1 aromatic rings. The quantitative estimate of drug-likeness (QED) is 0.874. The van der Waals surface area contributed by atoms with Crippen LogP contribution in [0.15, 0.2) is 24.3 Å². The fraction of sp³-hybridized carbons (Fsp3) is 0.588. The predicted octanol–water partition coefficient (Wildman–Crippen LogP) is 2.82. The smallest absolute Gasteiger partial charge is 0.223 e. The maximum Gasteiger partial charge on any atom is 0.223 e. The second-order valence-electron chi connectivity index (χ2n) is 6.11. The minimum atomic E-state index is -0.0481. The Morgan fingerprint density at radius 3 is 2.91 bits per heavy atom. The monoisotopic (exact) mass is 326 g/mol. The van der Waals surface area contributed by atoms with Gasteiger partial charge in [0, 0.05) is 12.0 Å². The van der Waals surface area contributed by atoms with E-state index in [1.54, 1.807) is 0 Å². The predicted molar refractivity (Wildman–Crippen MR) is 91.5 cm³/mol. The summed E-state index contributed by atoms with van der Waals surface area (Å²) in [6.07, 6.45) is 3.80. The lowest BCUT2D eigenvalue weighted by atomic mass is 9.85. The maximum absolute atomic E-state index is 12.1. The molecular formula is C17H27ClN2O2.